The lowest BCUT2D eigenvalue weighted by atomic mass is 10.0. The number of carbonyl (C=O) groups excluding carboxylic acids is 3. The van der Waals surface area contributed by atoms with Gasteiger partial charge in [-0.2, -0.15) is 0 Å². The summed E-state index contributed by atoms with van der Waals surface area (Å²) >= 11 is 24.4. The van der Waals surface area contributed by atoms with Crippen LogP contribution in [0.3, 0.4) is 0 Å². The van der Waals surface area contributed by atoms with Crippen molar-refractivity contribution in [3.8, 4) is 0 Å². The van der Waals surface area contributed by atoms with Gasteiger partial charge in [0.2, 0.25) is 0 Å². The summed E-state index contributed by atoms with van der Waals surface area (Å²) in [6.45, 7) is 1.88. The molecule has 0 saturated heterocycles. The van der Waals surface area contributed by atoms with E-state index >= 15 is 0 Å². The fourth-order valence-corrected chi connectivity index (χ4v) is 11.4. The molecule has 0 aliphatic carbocycles. The number of rotatable bonds is 15. The number of carbonyl (C=O) groups is 3. The zero-order valence-corrected chi connectivity index (χ0v) is 48.3. The van der Waals surface area contributed by atoms with Gasteiger partial charge in [0.15, 0.2) is 17.3 Å². The number of aryl methyl sites for hydroxylation is 1. The Bertz CT molecular complexity index is 3570. The Morgan fingerprint density at radius 2 is 0.744 bits per heavy atom. The first kappa shape index (κ1) is 58.7. The zero-order chi connectivity index (χ0) is 56.2. The van der Waals surface area contributed by atoms with Crippen molar-refractivity contribution < 1.29 is 39.6 Å². The van der Waals surface area contributed by atoms with E-state index in [0.29, 0.717) is 36.2 Å². The number of pyridine rings is 1. The molecule has 1 aromatic heterocycles. The minimum Gasteiger partial charge on any atom is -0.289 e. The number of halogens is 5. The number of benzene rings is 8. The van der Waals surface area contributed by atoms with Crippen molar-refractivity contribution in [1.82, 2.24) is 4.98 Å². The number of hydrogen-bond acceptors (Lipinski definition) is 10. The SMILES string of the molecule is Cc1ccc(S(=O)(=O)Nc2ccc(Br)cc2C(=O)c2ccccc2)cc1.O=C(c1ccccc1)c1cc(Cl)ccc1NS(=O)(=O)c1ccc(Br)cc1.O=C(c1cccnc1)c1cc(Cl)ccc1NS(=O)(=O)c1ccc(Cl)cc1. The second kappa shape index (κ2) is 26.1. The molecule has 0 spiro atoms. The minimum atomic E-state index is -3.90. The molecule has 21 heteroatoms. The van der Waals surface area contributed by atoms with E-state index in [1.165, 1.54) is 91.1 Å². The molecule has 0 amide bonds. The van der Waals surface area contributed by atoms with Crippen LogP contribution < -0.4 is 14.2 Å². The van der Waals surface area contributed by atoms with Crippen molar-refractivity contribution in [2.45, 2.75) is 21.6 Å². The number of aromatic nitrogens is 1. The second-order valence-electron chi connectivity index (χ2n) is 16.6. The van der Waals surface area contributed by atoms with Crippen LogP contribution in [0.2, 0.25) is 15.1 Å². The fraction of sp³-hybridized carbons (Fsp3) is 0.0175. The number of ketones is 3. The average molecular weight is 1290 g/mol. The highest BCUT2D eigenvalue weighted by Crippen LogP contribution is 2.30. The molecule has 0 saturated carbocycles. The van der Waals surface area contributed by atoms with Crippen molar-refractivity contribution >= 4 is 131 Å². The maximum absolute atomic E-state index is 12.8. The van der Waals surface area contributed by atoms with Gasteiger partial charge in [0.1, 0.15) is 0 Å². The summed E-state index contributed by atoms with van der Waals surface area (Å²) in [6, 6.07) is 52.7. The highest BCUT2D eigenvalue weighted by Gasteiger charge is 2.23. The van der Waals surface area contributed by atoms with E-state index in [1.807, 2.05) is 13.0 Å². The Labute approximate surface area is 483 Å². The Morgan fingerprint density at radius 3 is 1.17 bits per heavy atom. The van der Waals surface area contributed by atoms with E-state index in [0.717, 1.165) is 10.0 Å². The topological polar surface area (TPSA) is 203 Å². The van der Waals surface area contributed by atoms with E-state index in [1.54, 1.807) is 115 Å². The van der Waals surface area contributed by atoms with Crippen LogP contribution in [0, 0.1) is 6.92 Å². The highest BCUT2D eigenvalue weighted by molar-refractivity contribution is 9.10. The standard InChI is InChI=1S/C20H16BrNO3S.C19H13BrClNO3S.C18H12Cl2N2O3S/c1-14-7-10-17(11-8-14)26(24,25)22-19-12-9-16(21)13-18(19)20(23)15-5-3-2-4-6-15;20-14-6-9-16(10-7-14)26(24,25)22-18-11-8-15(21)12-17(18)19(23)13-4-2-1-3-5-13;19-13-3-6-15(7-4-13)26(24,25)22-17-8-5-14(20)10-16(17)18(23)12-2-1-9-21-11-12/h2-13,22H,1H3;1-12,22H;1-11,22H. The first-order chi connectivity index (χ1) is 37.1. The van der Waals surface area contributed by atoms with Crippen molar-refractivity contribution in [3.63, 3.8) is 0 Å². The first-order valence-electron chi connectivity index (χ1n) is 22.8. The van der Waals surface area contributed by atoms with Gasteiger partial charge in [-0.1, -0.05) is 145 Å². The molecular weight excluding hydrogens is 1250 g/mol. The molecule has 78 heavy (non-hydrogen) atoms. The molecule has 1 heterocycles. The number of hydrogen-bond donors (Lipinski definition) is 3. The van der Waals surface area contributed by atoms with Crippen molar-refractivity contribution in [3.05, 3.63) is 276 Å². The molecule has 3 N–H and O–H groups in total. The van der Waals surface area contributed by atoms with E-state index in [9.17, 15) is 39.6 Å². The first-order valence-corrected chi connectivity index (χ1v) is 30.0. The lowest BCUT2D eigenvalue weighted by Gasteiger charge is -2.13. The Morgan fingerprint density at radius 1 is 0.397 bits per heavy atom. The lowest BCUT2D eigenvalue weighted by Crippen LogP contribution is -2.16. The third kappa shape index (κ3) is 15.6. The van der Waals surface area contributed by atoms with Gasteiger partial charge in [-0.3, -0.25) is 33.5 Å². The highest BCUT2D eigenvalue weighted by atomic mass is 79.9. The summed E-state index contributed by atoms with van der Waals surface area (Å²) in [6.07, 6.45) is 2.94. The van der Waals surface area contributed by atoms with Crippen LogP contribution in [-0.2, 0) is 30.1 Å². The van der Waals surface area contributed by atoms with Crippen LogP contribution >= 0.6 is 66.7 Å². The van der Waals surface area contributed by atoms with Crippen LogP contribution in [0.25, 0.3) is 0 Å². The molecule has 0 aliphatic heterocycles. The van der Waals surface area contributed by atoms with Crippen molar-refractivity contribution in [2.75, 3.05) is 14.2 Å². The van der Waals surface area contributed by atoms with Crippen LogP contribution in [0.4, 0.5) is 17.1 Å². The minimum absolute atomic E-state index is 0.0247. The van der Waals surface area contributed by atoms with Gasteiger partial charge in [-0.15, -0.1) is 0 Å². The number of sulfonamides is 3. The van der Waals surface area contributed by atoms with E-state index in [-0.39, 0.29) is 60.0 Å². The number of nitrogens with one attached hydrogen (secondary N) is 3. The van der Waals surface area contributed by atoms with E-state index < -0.39 is 35.9 Å². The maximum Gasteiger partial charge on any atom is 0.261 e. The van der Waals surface area contributed by atoms with Gasteiger partial charge in [-0.05, 0) is 134 Å². The molecule has 9 aromatic rings. The van der Waals surface area contributed by atoms with Crippen molar-refractivity contribution in [1.29, 1.82) is 0 Å². The normalized spacial score (nSPS) is 11.2. The van der Waals surface area contributed by atoms with E-state index in [2.05, 4.69) is 51.0 Å². The smallest absolute Gasteiger partial charge is 0.261 e. The fourth-order valence-electron chi connectivity index (χ4n) is 7.08. The van der Waals surface area contributed by atoms with Gasteiger partial charge in [0.05, 0.1) is 31.7 Å². The van der Waals surface area contributed by atoms with Gasteiger partial charge < -0.3 is 0 Å². The molecule has 8 aromatic carbocycles. The molecule has 0 fully saturated rings. The Balaban J connectivity index is 0.000000170. The number of anilines is 3. The summed E-state index contributed by atoms with van der Waals surface area (Å²) in [4.78, 5) is 42.5. The molecule has 396 valence electrons. The summed E-state index contributed by atoms with van der Waals surface area (Å²) < 4.78 is 84.7. The molecule has 13 nitrogen and oxygen atoms in total. The summed E-state index contributed by atoms with van der Waals surface area (Å²) in [5, 5.41) is 1.07. The molecule has 9 rings (SSSR count). The number of nitrogens with zero attached hydrogens (tertiary/aromatic N) is 1. The third-order valence-corrected chi connectivity index (χ3v) is 16.9. The lowest BCUT2D eigenvalue weighted by molar-refractivity contribution is 0.103. The predicted octanol–water partition coefficient (Wildman–Crippen LogP) is 14.3. The van der Waals surface area contributed by atoms with Crippen LogP contribution in [-0.4, -0.2) is 47.6 Å². The molecule has 0 unspecified atom stereocenters. The van der Waals surface area contributed by atoms with Crippen molar-refractivity contribution in [2.24, 2.45) is 0 Å². The largest absolute Gasteiger partial charge is 0.289 e. The zero-order valence-electron chi connectivity index (χ0n) is 40.4. The average Bonchev–Trinajstić information content (AvgIpc) is 3.44. The van der Waals surface area contributed by atoms with Crippen LogP contribution in [0.15, 0.2) is 236 Å². The van der Waals surface area contributed by atoms with Gasteiger partial charge >= 0.3 is 0 Å². The van der Waals surface area contributed by atoms with Gasteiger partial charge in [0, 0.05) is 69.8 Å². The second-order valence-corrected chi connectivity index (χ2v) is 24.8. The maximum atomic E-state index is 12.8. The van der Waals surface area contributed by atoms with Crippen LogP contribution in [0.5, 0.6) is 0 Å². The van der Waals surface area contributed by atoms with Gasteiger partial charge in [0.25, 0.3) is 30.1 Å². The molecule has 0 bridgehead atoms. The van der Waals surface area contributed by atoms with E-state index in [4.69, 9.17) is 34.8 Å². The Kier molecular flexibility index (Phi) is 19.6. The molecule has 0 atom stereocenters. The molecular formula is C57H41Br2Cl3N4O9S3. The Hall–Kier alpha value is -7.00. The summed E-state index contributed by atoms with van der Waals surface area (Å²) in [5.41, 5.74) is 3.34. The summed E-state index contributed by atoms with van der Waals surface area (Å²) in [5.74, 6) is -0.968. The quantitative estimate of drug-likeness (QED) is 0.0829. The molecule has 0 aliphatic rings. The summed E-state index contributed by atoms with van der Waals surface area (Å²) in [7, 11) is -11.5. The predicted molar refractivity (Wildman–Crippen MR) is 314 cm³/mol. The molecule has 0 radical (unpaired) electrons. The van der Waals surface area contributed by atoms with Gasteiger partial charge in [-0.25, -0.2) is 25.3 Å². The monoisotopic (exact) mass is 1280 g/mol. The third-order valence-electron chi connectivity index (χ3n) is 11.0. The van der Waals surface area contributed by atoms with Crippen LogP contribution in [0.1, 0.15) is 53.3 Å².